The Morgan fingerprint density at radius 3 is 1.61 bits per heavy atom. The summed E-state index contributed by atoms with van der Waals surface area (Å²) in [4.78, 5) is 18.5. The summed E-state index contributed by atoms with van der Waals surface area (Å²) in [5.74, 6) is -1.66. The van der Waals surface area contributed by atoms with E-state index in [2.05, 4.69) is 0 Å². The third-order valence-electron chi connectivity index (χ3n) is 3.11. The lowest BCUT2D eigenvalue weighted by molar-refractivity contribution is -0.173. The molecule has 0 bridgehead atoms. The summed E-state index contributed by atoms with van der Waals surface area (Å²) in [6, 6.07) is 0. The van der Waals surface area contributed by atoms with Crippen LogP contribution in [0, 0.1) is 5.92 Å². The van der Waals surface area contributed by atoms with Crippen LogP contribution in [0.15, 0.2) is 0 Å². The fourth-order valence-corrected chi connectivity index (χ4v) is 3.50. The first-order chi connectivity index (χ1) is 9.92. The van der Waals surface area contributed by atoms with Crippen molar-refractivity contribution in [1.82, 2.24) is 4.67 Å². The van der Waals surface area contributed by atoms with Gasteiger partial charge in [-0.05, 0) is 39.5 Å². The highest BCUT2D eigenvalue weighted by atomic mass is 31.2. The zero-order valence-electron chi connectivity index (χ0n) is 13.1. The Morgan fingerprint density at radius 2 is 1.35 bits per heavy atom. The highest BCUT2D eigenvalue weighted by Gasteiger charge is 2.39. The van der Waals surface area contributed by atoms with Gasteiger partial charge in [-0.2, -0.15) is 26.3 Å². The second-order valence-corrected chi connectivity index (χ2v) is 7.96. The van der Waals surface area contributed by atoms with Crippen molar-refractivity contribution >= 4 is 7.75 Å². The highest BCUT2D eigenvalue weighted by Crippen LogP contribution is 2.45. The van der Waals surface area contributed by atoms with Crippen molar-refractivity contribution in [2.75, 3.05) is 6.54 Å². The maximum Gasteiger partial charge on any atom is 0.403 e. The van der Waals surface area contributed by atoms with E-state index < -0.39 is 50.8 Å². The molecule has 0 aliphatic heterocycles. The van der Waals surface area contributed by atoms with Gasteiger partial charge in [0.25, 0.3) is 0 Å². The molecule has 23 heavy (non-hydrogen) atoms. The smallest absolute Gasteiger partial charge is 0.312 e. The minimum atomic E-state index is -4.72. The zero-order valence-corrected chi connectivity index (χ0v) is 14.0. The van der Waals surface area contributed by atoms with Crippen molar-refractivity contribution in [2.24, 2.45) is 5.92 Å². The first kappa shape index (κ1) is 22.7. The average molecular weight is 373 g/mol. The summed E-state index contributed by atoms with van der Waals surface area (Å²) < 4.78 is 86.2. The maximum absolute atomic E-state index is 12.3. The number of nitrogens with zero attached hydrogens (tertiary/aromatic N) is 1. The molecule has 0 aromatic carbocycles. The number of hydrogen-bond donors (Lipinski definition) is 2. The van der Waals surface area contributed by atoms with Crippen LogP contribution in [-0.4, -0.2) is 38.9 Å². The van der Waals surface area contributed by atoms with E-state index in [9.17, 15) is 40.7 Å². The molecule has 11 heteroatoms. The maximum atomic E-state index is 12.3. The van der Waals surface area contributed by atoms with Gasteiger partial charge in [0.15, 0.2) is 0 Å². The van der Waals surface area contributed by atoms with E-state index in [0.717, 1.165) is 4.67 Å². The highest BCUT2D eigenvalue weighted by molar-refractivity contribution is 7.49. The largest absolute Gasteiger partial charge is 0.403 e. The van der Waals surface area contributed by atoms with E-state index in [0.29, 0.717) is 0 Å². The molecule has 0 aromatic heterocycles. The molecule has 0 saturated heterocycles. The molecule has 0 aromatic rings. The van der Waals surface area contributed by atoms with Crippen LogP contribution in [0.3, 0.4) is 0 Å². The first-order valence-electron chi connectivity index (χ1n) is 6.89. The van der Waals surface area contributed by atoms with Crippen LogP contribution in [0.1, 0.15) is 46.5 Å². The molecule has 2 N–H and O–H groups in total. The van der Waals surface area contributed by atoms with Gasteiger partial charge in [-0.3, -0.25) is 0 Å². The predicted molar refractivity (Wildman–Crippen MR) is 72.6 cm³/mol. The van der Waals surface area contributed by atoms with Crippen molar-refractivity contribution in [3.8, 4) is 0 Å². The molecule has 4 nitrogen and oxygen atoms in total. The molecule has 0 radical (unpaired) electrons. The molecule has 0 aliphatic rings. The molecule has 0 atom stereocenters. The van der Waals surface area contributed by atoms with Gasteiger partial charge in [-0.25, -0.2) is 9.24 Å². The van der Waals surface area contributed by atoms with Crippen molar-refractivity contribution < 1.29 is 40.7 Å². The molecular formula is C12H22F6NO3P. The Morgan fingerprint density at radius 1 is 0.957 bits per heavy atom. The zero-order chi connectivity index (χ0) is 18.7. The Balaban J connectivity index is 4.81. The summed E-state index contributed by atoms with van der Waals surface area (Å²) in [6.45, 7) is 4.19. The Kier molecular flexibility index (Phi) is 7.61. The van der Waals surface area contributed by atoms with Crippen LogP contribution in [0.25, 0.3) is 0 Å². The van der Waals surface area contributed by atoms with Gasteiger partial charge in [0, 0.05) is 24.9 Å². The molecular weight excluding hydrogens is 351 g/mol. The summed E-state index contributed by atoms with van der Waals surface area (Å²) in [5, 5.41) is 0. The molecule has 0 amide bonds. The summed E-state index contributed by atoms with van der Waals surface area (Å²) in [7, 11) is -4.65. The number of halogens is 6. The second-order valence-electron chi connectivity index (χ2n) is 6.45. The molecule has 0 fully saturated rings. The van der Waals surface area contributed by atoms with E-state index in [1.807, 2.05) is 0 Å². The van der Waals surface area contributed by atoms with Gasteiger partial charge in [0.05, 0.1) is 0 Å². The summed E-state index contributed by atoms with van der Waals surface area (Å²) >= 11 is 0. The molecule has 140 valence electrons. The van der Waals surface area contributed by atoms with Gasteiger partial charge in [-0.15, -0.1) is 0 Å². The van der Waals surface area contributed by atoms with Gasteiger partial charge in [-0.1, -0.05) is 0 Å². The van der Waals surface area contributed by atoms with E-state index >= 15 is 0 Å². The molecule has 0 unspecified atom stereocenters. The number of hydrogen-bond acceptors (Lipinski definition) is 1. The molecule has 0 rings (SSSR count). The predicted octanol–water partition coefficient (Wildman–Crippen LogP) is 4.48. The third kappa shape index (κ3) is 11.0. The second kappa shape index (κ2) is 7.72. The molecule has 0 heterocycles. The van der Waals surface area contributed by atoms with Gasteiger partial charge in [0.2, 0.25) is 0 Å². The Hall–Kier alpha value is -0.310. The van der Waals surface area contributed by atoms with Crippen LogP contribution in [0.2, 0.25) is 0 Å². The van der Waals surface area contributed by atoms with Crippen molar-refractivity contribution in [1.29, 1.82) is 0 Å². The number of rotatable bonds is 7. The minimum absolute atomic E-state index is 0.181. The number of alkyl halides is 6. The molecule has 0 saturated carbocycles. The van der Waals surface area contributed by atoms with Gasteiger partial charge < -0.3 is 9.79 Å². The van der Waals surface area contributed by atoms with Gasteiger partial charge in [0.1, 0.15) is 0 Å². The van der Waals surface area contributed by atoms with Crippen LogP contribution >= 0.6 is 7.75 Å². The van der Waals surface area contributed by atoms with Crippen molar-refractivity contribution in [3.05, 3.63) is 0 Å². The van der Waals surface area contributed by atoms with E-state index in [4.69, 9.17) is 0 Å². The van der Waals surface area contributed by atoms with Crippen LogP contribution in [-0.2, 0) is 4.57 Å². The normalized spacial score (nSPS) is 14.8. The van der Waals surface area contributed by atoms with E-state index in [1.54, 1.807) is 0 Å². The minimum Gasteiger partial charge on any atom is -0.312 e. The first-order valence-corrected chi connectivity index (χ1v) is 8.45. The van der Waals surface area contributed by atoms with Crippen molar-refractivity contribution in [2.45, 2.75) is 64.3 Å². The summed E-state index contributed by atoms with van der Waals surface area (Å²) in [6.07, 6.45) is -13.2. The molecule has 0 spiro atoms. The standard InChI is InChI=1S/C12H22F6NO3P/c1-10(2,3)19(23(20,21)22)6-4-5-9(7-11(13,14)15)8-12(16,17)18/h9H,4-8H2,1-3H3,(H2,20,21,22). The van der Waals surface area contributed by atoms with Gasteiger partial charge >= 0.3 is 20.1 Å². The van der Waals surface area contributed by atoms with Crippen LogP contribution < -0.4 is 0 Å². The van der Waals surface area contributed by atoms with Crippen molar-refractivity contribution in [3.63, 3.8) is 0 Å². The van der Waals surface area contributed by atoms with Crippen LogP contribution in [0.5, 0.6) is 0 Å². The monoisotopic (exact) mass is 373 g/mol. The van der Waals surface area contributed by atoms with Crippen LogP contribution in [0.4, 0.5) is 26.3 Å². The fraction of sp³-hybridized carbons (Fsp3) is 1.00. The van der Waals surface area contributed by atoms with E-state index in [1.165, 1.54) is 20.8 Å². The lowest BCUT2D eigenvalue weighted by Gasteiger charge is -2.35. The lowest BCUT2D eigenvalue weighted by atomic mass is 9.95. The fourth-order valence-electron chi connectivity index (χ4n) is 2.32. The quantitative estimate of drug-likeness (QED) is 0.510. The van der Waals surface area contributed by atoms with E-state index in [-0.39, 0.29) is 13.0 Å². The average Bonchev–Trinajstić information content (AvgIpc) is 2.15. The summed E-state index contributed by atoms with van der Waals surface area (Å²) in [5.41, 5.74) is -0.970. The Labute approximate surface area is 131 Å². The third-order valence-corrected chi connectivity index (χ3v) is 4.54. The lowest BCUT2D eigenvalue weighted by Crippen LogP contribution is -2.39. The SMILES string of the molecule is CC(C)(C)N(CCCC(CC(F)(F)F)CC(F)(F)F)P(=O)(O)O. The molecule has 0 aliphatic carbocycles. The Bertz CT molecular complexity index is 396. The topological polar surface area (TPSA) is 60.8 Å².